The van der Waals surface area contributed by atoms with Gasteiger partial charge in [-0.1, -0.05) is 30.3 Å². The zero-order chi connectivity index (χ0) is 18.6. The Morgan fingerprint density at radius 2 is 1.93 bits per heavy atom. The van der Waals surface area contributed by atoms with Crippen molar-refractivity contribution in [1.82, 2.24) is 4.98 Å². The zero-order valence-corrected chi connectivity index (χ0v) is 16.4. The van der Waals surface area contributed by atoms with Crippen LogP contribution in [0.2, 0.25) is 0 Å². The molecule has 4 rings (SSSR count). The van der Waals surface area contributed by atoms with Gasteiger partial charge in [-0.2, -0.15) is 0 Å². The first-order chi connectivity index (χ1) is 13.2. The van der Waals surface area contributed by atoms with E-state index in [1.54, 1.807) is 0 Å². The van der Waals surface area contributed by atoms with E-state index in [-0.39, 0.29) is 0 Å². The maximum Gasteiger partial charge on any atom is 0.128 e. The van der Waals surface area contributed by atoms with E-state index in [4.69, 9.17) is 10.7 Å². The number of hydrogen-bond acceptors (Lipinski definition) is 4. The van der Waals surface area contributed by atoms with Crippen molar-refractivity contribution in [2.24, 2.45) is 11.7 Å². The van der Waals surface area contributed by atoms with Gasteiger partial charge in [0.2, 0.25) is 0 Å². The fourth-order valence-corrected chi connectivity index (χ4v) is 4.71. The number of rotatable bonds is 5. The number of anilines is 2. The van der Waals surface area contributed by atoms with Crippen LogP contribution < -0.4 is 16.0 Å². The Morgan fingerprint density at radius 1 is 1.15 bits per heavy atom. The van der Waals surface area contributed by atoms with Crippen molar-refractivity contribution in [2.45, 2.75) is 57.5 Å². The lowest BCUT2D eigenvalue weighted by molar-refractivity contribution is 0.292. The summed E-state index contributed by atoms with van der Waals surface area (Å²) in [6, 6.07) is 13.8. The fourth-order valence-electron chi connectivity index (χ4n) is 4.71. The van der Waals surface area contributed by atoms with Crippen LogP contribution in [0.15, 0.2) is 42.6 Å². The number of hydrogen-bond donors (Lipinski definition) is 2. The van der Waals surface area contributed by atoms with Gasteiger partial charge in [0.1, 0.15) is 5.82 Å². The number of pyridine rings is 1. The minimum absolute atomic E-state index is 0.322. The van der Waals surface area contributed by atoms with Crippen LogP contribution >= 0.6 is 0 Å². The highest BCUT2D eigenvalue weighted by Gasteiger charge is 2.29. The molecule has 1 saturated carbocycles. The van der Waals surface area contributed by atoms with E-state index in [9.17, 15) is 0 Å². The fraction of sp³-hybridized carbons (Fsp3) is 0.522. The monoisotopic (exact) mass is 364 g/mol. The summed E-state index contributed by atoms with van der Waals surface area (Å²) in [7, 11) is 0. The summed E-state index contributed by atoms with van der Waals surface area (Å²) in [5, 5.41) is 3.77. The first-order valence-electron chi connectivity index (χ1n) is 10.5. The van der Waals surface area contributed by atoms with Crippen molar-refractivity contribution < 1.29 is 0 Å². The lowest BCUT2D eigenvalue weighted by Crippen LogP contribution is -2.41. The predicted molar refractivity (Wildman–Crippen MR) is 113 cm³/mol. The molecule has 2 aliphatic rings. The molecule has 2 heterocycles. The number of nitrogens with one attached hydrogen (secondary N) is 1. The molecule has 3 N–H and O–H groups in total. The number of aryl methyl sites for hydroxylation is 1. The Bertz CT molecular complexity index is 739. The summed E-state index contributed by atoms with van der Waals surface area (Å²) >= 11 is 0. The van der Waals surface area contributed by atoms with Gasteiger partial charge in [0, 0.05) is 43.1 Å². The zero-order valence-electron chi connectivity index (χ0n) is 16.4. The van der Waals surface area contributed by atoms with Crippen molar-refractivity contribution in [1.29, 1.82) is 0 Å². The molecule has 3 unspecified atom stereocenters. The second kappa shape index (κ2) is 8.30. The molecule has 27 heavy (non-hydrogen) atoms. The quantitative estimate of drug-likeness (QED) is 0.837. The predicted octanol–water partition coefficient (Wildman–Crippen LogP) is 4.14. The first-order valence-corrected chi connectivity index (χ1v) is 10.5. The third-order valence-electron chi connectivity index (χ3n) is 6.22. The molecule has 1 aliphatic carbocycles. The van der Waals surface area contributed by atoms with E-state index in [1.807, 2.05) is 6.20 Å². The number of benzene rings is 1. The maximum absolute atomic E-state index is 6.31. The van der Waals surface area contributed by atoms with Gasteiger partial charge in [-0.25, -0.2) is 4.98 Å². The molecule has 1 aromatic heterocycles. The van der Waals surface area contributed by atoms with Crippen LogP contribution in [0.25, 0.3) is 0 Å². The molecule has 0 spiro atoms. The molecule has 1 aromatic carbocycles. The molecular formula is C23H32N4. The van der Waals surface area contributed by atoms with E-state index in [0.717, 1.165) is 31.5 Å². The van der Waals surface area contributed by atoms with Gasteiger partial charge in [0.25, 0.3) is 0 Å². The number of aromatic nitrogens is 1. The third kappa shape index (κ3) is 4.44. The number of nitrogens with zero attached hydrogens (tertiary/aromatic N) is 2. The van der Waals surface area contributed by atoms with Gasteiger partial charge in [0.05, 0.1) is 0 Å². The molecule has 1 saturated heterocycles. The molecule has 3 atom stereocenters. The Kier molecular flexibility index (Phi) is 5.63. The Hall–Kier alpha value is -2.07. The van der Waals surface area contributed by atoms with E-state index >= 15 is 0 Å². The van der Waals surface area contributed by atoms with Gasteiger partial charge in [-0.05, 0) is 62.5 Å². The van der Waals surface area contributed by atoms with Crippen LogP contribution in [0.5, 0.6) is 0 Å². The van der Waals surface area contributed by atoms with E-state index < -0.39 is 0 Å². The highest BCUT2D eigenvalue weighted by molar-refractivity contribution is 5.59. The standard InChI is InChI=1S/C23H32N4/c1-17-16-25-23(15-22(17)27-11-5-6-12-27)26-21-10-9-20(24)14-19(21)13-18-7-3-2-4-8-18/h2-4,7-8,15-16,19-21H,5-6,9-14,24H2,1H3,(H,25,26). The van der Waals surface area contributed by atoms with Gasteiger partial charge in [-0.3, -0.25) is 0 Å². The van der Waals surface area contributed by atoms with E-state index in [2.05, 4.69) is 53.5 Å². The molecule has 144 valence electrons. The van der Waals surface area contributed by atoms with Crippen LogP contribution in [0.1, 0.15) is 43.2 Å². The summed E-state index contributed by atoms with van der Waals surface area (Å²) in [6.07, 6.45) is 8.99. The highest BCUT2D eigenvalue weighted by atomic mass is 15.2. The smallest absolute Gasteiger partial charge is 0.128 e. The maximum atomic E-state index is 6.31. The largest absolute Gasteiger partial charge is 0.371 e. The molecule has 2 fully saturated rings. The molecule has 0 bridgehead atoms. The molecule has 1 aliphatic heterocycles. The average Bonchev–Trinajstić information content (AvgIpc) is 3.21. The molecule has 4 nitrogen and oxygen atoms in total. The summed E-state index contributed by atoms with van der Waals surface area (Å²) in [5.41, 5.74) is 10.3. The Morgan fingerprint density at radius 3 is 2.70 bits per heavy atom. The van der Waals surface area contributed by atoms with E-state index in [0.29, 0.717) is 18.0 Å². The molecule has 0 radical (unpaired) electrons. The Labute approximate surface area is 163 Å². The molecule has 2 aromatic rings. The van der Waals surface area contributed by atoms with Gasteiger partial charge in [-0.15, -0.1) is 0 Å². The minimum atomic E-state index is 0.322. The van der Waals surface area contributed by atoms with Crippen LogP contribution in [0, 0.1) is 12.8 Å². The lowest BCUT2D eigenvalue weighted by Gasteiger charge is -2.36. The van der Waals surface area contributed by atoms with Crippen molar-refractivity contribution in [3.8, 4) is 0 Å². The summed E-state index contributed by atoms with van der Waals surface area (Å²) < 4.78 is 0. The number of nitrogens with two attached hydrogens (primary N) is 1. The van der Waals surface area contributed by atoms with Gasteiger partial charge in [0.15, 0.2) is 0 Å². The summed E-state index contributed by atoms with van der Waals surface area (Å²) in [4.78, 5) is 7.20. The first kappa shape index (κ1) is 18.3. The third-order valence-corrected chi connectivity index (χ3v) is 6.22. The Balaban J connectivity index is 1.50. The van der Waals surface area contributed by atoms with Crippen LogP contribution in [0.3, 0.4) is 0 Å². The second-order valence-corrected chi connectivity index (χ2v) is 8.32. The molecule has 0 amide bonds. The van der Waals surface area contributed by atoms with Crippen molar-refractivity contribution in [2.75, 3.05) is 23.3 Å². The normalized spacial score (nSPS) is 25.6. The summed E-state index contributed by atoms with van der Waals surface area (Å²) in [5.74, 6) is 1.57. The minimum Gasteiger partial charge on any atom is -0.371 e. The van der Waals surface area contributed by atoms with Crippen molar-refractivity contribution in [3.63, 3.8) is 0 Å². The van der Waals surface area contributed by atoms with Crippen LogP contribution in [-0.2, 0) is 6.42 Å². The van der Waals surface area contributed by atoms with Crippen LogP contribution in [-0.4, -0.2) is 30.2 Å². The topological polar surface area (TPSA) is 54.2 Å². The van der Waals surface area contributed by atoms with Gasteiger partial charge < -0.3 is 16.0 Å². The second-order valence-electron chi connectivity index (χ2n) is 8.32. The van der Waals surface area contributed by atoms with Crippen LogP contribution in [0.4, 0.5) is 11.5 Å². The van der Waals surface area contributed by atoms with E-state index in [1.165, 1.54) is 42.7 Å². The summed E-state index contributed by atoms with van der Waals surface area (Å²) in [6.45, 7) is 4.50. The van der Waals surface area contributed by atoms with Crippen molar-refractivity contribution in [3.05, 3.63) is 53.7 Å². The van der Waals surface area contributed by atoms with Gasteiger partial charge >= 0.3 is 0 Å². The highest BCUT2D eigenvalue weighted by Crippen LogP contribution is 2.31. The average molecular weight is 365 g/mol. The van der Waals surface area contributed by atoms with Crippen molar-refractivity contribution >= 4 is 11.5 Å². The molecular weight excluding hydrogens is 332 g/mol. The molecule has 4 heteroatoms. The SMILES string of the molecule is Cc1cnc(NC2CCC(N)CC2Cc2ccccc2)cc1N1CCCC1. The lowest BCUT2D eigenvalue weighted by atomic mass is 9.78.